The molecule has 5 nitrogen and oxygen atoms in total. The van der Waals surface area contributed by atoms with Gasteiger partial charge in [0.1, 0.15) is 5.82 Å². The highest BCUT2D eigenvalue weighted by Gasteiger charge is 2.27. The molecule has 1 aliphatic rings. The fraction of sp³-hybridized carbons (Fsp3) is 0.167. The van der Waals surface area contributed by atoms with Gasteiger partial charge in [-0.2, -0.15) is 0 Å². The van der Waals surface area contributed by atoms with Crippen LogP contribution in [-0.2, 0) is 6.54 Å². The average molecular weight is 438 g/mol. The Balaban J connectivity index is 1.53. The van der Waals surface area contributed by atoms with E-state index >= 15 is 0 Å². The number of urea groups is 1. The van der Waals surface area contributed by atoms with E-state index in [1.807, 2.05) is 30.3 Å². The van der Waals surface area contributed by atoms with E-state index in [4.69, 9.17) is 11.6 Å². The zero-order valence-corrected chi connectivity index (χ0v) is 17.5. The predicted octanol–water partition coefficient (Wildman–Crippen LogP) is 5.56. The lowest BCUT2D eigenvalue weighted by Crippen LogP contribution is -2.49. The van der Waals surface area contributed by atoms with Crippen molar-refractivity contribution in [3.63, 3.8) is 0 Å². The second kappa shape index (κ2) is 9.18. The molecule has 1 saturated heterocycles. The standard InChI is InChI=1S/C24H21ClFN3O2/c25-20-12-11-18(15-22(20)27-23(30)19-9-4-5-10-21(19)26)29-14-6-13-28(24(29)31)16-17-7-2-1-3-8-17/h1-5,7-12,15H,6,13-14,16H2,(H,27,30). The number of hydrogen-bond donors (Lipinski definition) is 1. The van der Waals surface area contributed by atoms with Gasteiger partial charge in [-0.05, 0) is 42.3 Å². The molecule has 3 amide bonds. The fourth-order valence-corrected chi connectivity index (χ4v) is 3.75. The summed E-state index contributed by atoms with van der Waals surface area (Å²) in [6.45, 7) is 1.77. The molecule has 0 radical (unpaired) electrons. The minimum atomic E-state index is -0.616. The molecule has 0 saturated carbocycles. The van der Waals surface area contributed by atoms with Crippen LogP contribution < -0.4 is 10.2 Å². The van der Waals surface area contributed by atoms with E-state index < -0.39 is 11.7 Å². The largest absolute Gasteiger partial charge is 0.324 e. The third kappa shape index (κ3) is 4.70. The Morgan fingerprint density at radius 3 is 2.52 bits per heavy atom. The predicted molar refractivity (Wildman–Crippen MR) is 120 cm³/mol. The van der Waals surface area contributed by atoms with E-state index in [9.17, 15) is 14.0 Å². The Morgan fingerprint density at radius 2 is 1.74 bits per heavy atom. The van der Waals surface area contributed by atoms with Gasteiger partial charge < -0.3 is 10.2 Å². The molecule has 7 heteroatoms. The third-order valence-corrected chi connectivity index (χ3v) is 5.49. The highest BCUT2D eigenvalue weighted by atomic mass is 35.5. The van der Waals surface area contributed by atoms with Crippen molar-refractivity contribution >= 4 is 34.9 Å². The van der Waals surface area contributed by atoms with Crippen LogP contribution in [0.5, 0.6) is 0 Å². The summed E-state index contributed by atoms with van der Waals surface area (Å²) in [4.78, 5) is 29.1. The van der Waals surface area contributed by atoms with E-state index in [1.54, 1.807) is 34.1 Å². The Kier molecular flexibility index (Phi) is 6.18. The maximum atomic E-state index is 13.9. The first-order chi connectivity index (χ1) is 15.0. The summed E-state index contributed by atoms with van der Waals surface area (Å²) in [6.07, 6.45) is 0.818. The molecule has 3 aromatic rings. The lowest BCUT2D eigenvalue weighted by molar-refractivity contribution is 0.102. The molecule has 0 bridgehead atoms. The number of halogens is 2. The summed E-state index contributed by atoms with van der Waals surface area (Å²) >= 11 is 6.26. The summed E-state index contributed by atoms with van der Waals surface area (Å²) < 4.78 is 13.9. The number of benzene rings is 3. The molecule has 0 spiro atoms. The van der Waals surface area contributed by atoms with Gasteiger partial charge in [0.2, 0.25) is 0 Å². The lowest BCUT2D eigenvalue weighted by atomic mass is 10.1. The van der Waals surface area contributed by atoms with Gasteiger partial charge in [0.05, 0.1) is 16.3 Å². The van der Waals surface area contributed by atoms with Crippen molar-refractivity contribution in [3.8, 4) is 0 Å². The monoisotopic (exact) mass is 437 g/mol. The van der Waals surface area contributed by atoms with E-state index in [2.05, 4.69) is 5.32 Å². The van der Waals surface area contributed by atoms with Gasteiger partial charge in [-0.25, -0.2) is 9.18 Å². The number of carbonyl (C=O) groups excluding carboxylic acids is 2. The van der Waals surface area contributed by atoms with Crippen LogP contribution in [0.3, 0.4) is 0 Å². The zero-order valence-electron chi connectivity index (χ0n) is 16.7. The van der Waals surface area contributed by atoms with Crippen LogP contribution in [0.4, 0.5) is 20.6 Å². The van der Waals surface area contributed by atoms with Crippen LogP contribution in [0.2, 0.25) is 5.02 Å². The fourth-order valence-electron chi connectivity index (χ4n) is 3.58. The van der Waals surface area contributed by atoms with Crippen molar-refractivity contribution in [1.82, 2.24) is 4.90 Å². The van der Waals surface area contributed by atoms with Gasteiger partial charge in [0.15, 0.2) is 0 Å². The van der Waals surface area contributed by atoms with Crippen molar-refractivity contribution in [2.75, 3.05) is 23.3 Å². The molecular weight excluding hydrogens is 417 g/mol. The van der Waals surface area contributed by atoms with Crippen LogP contribution in [-0.4, -0.2) is 29.9 Å². The minimum absolute atomic E-state index is 0.0768. The van der Waals surface area contributed by atoms with Crippen molar-refractivity contribution < 1.29 is 14.0 Å². The molecule has 158 valence electrons. The summed E-state index contributed by atoms with van der Waals surface area (Å²) in [5, 5.41) is 2.95. The third-order valence-electron chi connectivity index (χ3n) is 5.16. The van der Waals surface area contributed by atoms with Crippen LogP contribution in [0.15, 0.2) is 72.8 Å². The number of nitrogens with zero attached hydrogens (tertiary/aromatic N) is 2. The van der Waals surface area contributed by atoms with Crippen molar-refractivity contribution in [2.24, 2.45) is 0 Å². The maximum absolute atomic E-state index is 13.9. The van der Waals surface area contributed by atoms with Crippen LogP contribution in [0, 0.1) is 5.82 Å². The smallest absolute Gasteiger partial charge is 0.320 e. The van der Waals surface area contributed by atoms with Crippen molar-refractivity contribution in [1.29, 1.82) is 0 Å². The topological polar surface area (TPSA) is 52.7 Å². The second-order valence-electron chi connectivity index (χ2n) is 7.29. The van der Waals surface area contributed by atoms with E-state index in [1.165, 1.54) is 18.2 Å². The molecule has 0 aromatic heterocycles. The molecule has 3 aromatic carbocycles. The Morgan fingerprint density at radius 1 is 1.00 bits per heavy atom. The molecule has 1 N–H and O–H groups in total. The van der Waals surface area contributed by atoms with Crippen molar-refractivity contribution in [2.45, 2.75) is 13.0 Å². The summed E-state index contributed by atoms with van der Waals surface area (Å²) in [7, 11) is 0. The van der Waals surface area contributed by atoms with Gasteiger partial charge in [0.25, 0.3) is 5.91 Å². The summed E-state index contributed by atoms with van der Waals surface area (Å²) in [6, 6.07) is 20.5. The molecular formula is C24H21ClFN3O2. The highest BCUT2D eigenvalue weighted by molar-refractivity contribution is 6.34. The minimum Gasteiger partial charge on any atom is -0.320 e. The SMILES string of the molecule is O=C(Nc1cc(N2CCCN(Cc3ccccc3)C2=O)ccc1Cl)c1ccccc1F. The molecule has 1 heterocycles. The summed E-state index contributed by atoms with van der Waals surface area (Å²) in [5.74, 6) is -1.22. The summed E-state index contributed by atoms with van der Waals surface area (Å²) in [5.41, 5.74) is 1.93. The van der Waals surface area contributed by atoms with E-state index in [0.717, 1.165) is 12.0 Å². The quantitative estimate of drug-likeness (QED) is 0.567. The lowest BCUT2D eigenvalue weighted by Gasteiger charge is -2.36. The van der Waals surface area contributed by atoms with E-state index in [0.29, 0.717) is 36.0 Å². The Labute approximate surface area is 185 Å². The molecule has 0 unspecified atom stereocenters. The normalized spacial score (nSPS) is 13.9. The zero-order chi connectivity index (χ0) is 21.8. The van der Waals surface area contributed by atoms with Gasteiger partial charge in [-0.1, -0.05) is 54.1 Å². The molecule has 0 atom stereocenters. The molecule has 1 fully saturated rings. The first-order valence-corrected chi connectivity index (χ1v) is 10.4. The number of hydrogen-bond acceptors (Lipinski definition) is 2. The Hall–Kier alpha value is -3.38. The molecule has 31 heavy (non-hydrogen) atoms. The number of carbonyl (C=O) groups is 2. The average Bonchev–Trinajstić information content (AvgIpc) is 2.78. The molecule has 4 rings (SSSR count). The van der Waals surface area contributed by atoms with Gasteiger partial charge in [-0.3, -0.25) is 9.69 Å². The van der Waals surface area contributed by atoms with E-state index in [-0.39, 0.29) is 11.6 Å². The van der Waals surface area contributed by atoms with Crippen molar-refractivity contribution in [3.05, 3.63) is 94.8 Å². The first kappa shape index (κ1) is 20.9. The van der Waals surface area contributed by atoms with Gasteiger partial charge in [-0.15, -0.1) is 0 Å². The van der Waals surface area contributed by atoms with Gasteiger partial charge >= 0.3 is 6.03 Å². The second-order valence-corrected chi connectivity index (χ2v) is 7.70. The first-order valence-electron chi connectivity index (χ1n) is 9.99. The highest BCUT2D eigenvalue weighted by Crippen LogP contribution is 2.30. The van der Waals surface area contributed by atoms with Crippen LogP contribution in [0.1, 0.15) is 22.3 Å². The molecule has 1 aliphatic heterocycles. The van der Waals surface area contributed by atoms with Crippen LogP contribution in [0.25, 0.3) is 0 Å². The molecule has 0 aliphatic carbocycles. The number of rotatable bonds is 5. The van der Waals surface area contributed by atoms with Gasteiger partial charge in [0, 0.05) is 25.3 Å². The number of anilines is 2. The van der Waals surface area contributed by atoms with Crippen LogP contribution >= 0.6 is 11.6 Å². The maximum Gasteiger partial charge on any atom is 0.324 e. The number of nitrogens with one attached hydrogen (secondary N) is 1. The number of amides is 3. The Bertz CT molecular complexity index is 1110.